The first-order valence-corrected chi connectivity index (χ1v) is 6.83. The van der Waals surface area contributed by atoms with Crippen LogP contribution in [0.3, 0.4) is 0 Å². The highest BCUT2D eigenvalue weighted by molar-refractivity contribution is 7.86. The van der Waals surface area contributed by atoms with Crippen molar-refractivity contribution in [3.63, 3.8) is 0 Å². The predicted molar refractivity (Wildman–Crippen MR) is 64.3 cm³/mol. The molecule has 0 bridgehead atoms. The standard InChI is InChI=1S/C12H10FNO4S/c13-19(17,18)10-3-1-2-9(8-10)6-7-14-11(15)4-5-12(14)16/h1-5,8H,6-7H2. The number of benzene rings is 1. The molecule has 0 saturated carbocycles. The Morgan fingerprint density at radius 3 is 2.32 bits per heavy atom. The minimum atomic E-state index is -4.74. The Morgan fingerprint density at radius 1 is 1.11 bits per heavy atom. The molecule has 0 fully saturated rings. The number of nitrogens with zero attached hydrogens (tertiary/aromatic N) is 1. The molecule has 0 aliphatic carbocycles. The molecule has 2 amide bonds. The summed E-state index contributed by atoms with van der Waals surface area (Å²) in [6.45, 7) is 0.125. The monoisotopic (exact) mass is 283 g/mol. The van der Waals surface area contributed by atoms with Gasteiger partial charge in [-0.15, -0.1) is 3.89 Å². The average Bonchev–Trinajstić information content (AvgIpc) is 2.66. The molecule has 19 heavy (non-hydrogen) atoms. The Bertz CT molecular complexity index is 648. The van der Waals surface area contributed by atoms with Gasteiger partial charge in [0, 0.05) is 18.7 Å². The second-order valence-corrected chi connectivity index (χ2v) is 5.34. The van der Waals surface area contributed by atoms with Gasteiger partial charge in [0.2, 0.25) is 0 Å². The van der Waals surface area contributed by atoms with E-state index in [1.54, 1.807) is 6.07 Å². The van der Waals surface area contributed by atoms with Gasteiger partial charge in [0.25, 0.3) is 11.8 Å². The fraction of sp³-hybridized carbons (Fsp3) is 0.167. The molecule has 1 heterocycles. The van der Waals surface area contributed by atoms with Gasteiger partial charge in [-0.1, -0.05) is 12.1 Å². The van der Waals surface area contributed by atoms with E-state index in [1.807, 2.05) is 0 Å². The van der Waals surface area contributed by atoms with Crippen LogP contribution in [0.4, 0.5) is 3.89 Å². The summed E-state index contributed by atoms with van der Waals surface area (Å²) in [5, 5.41) is 0. The lowest BCUT2D eigenvalue weighted by Gasteiger charge is -2.13. The van der Waals surface area contributed by atoms with Crippen LogP contribution >= 0.6 is 0 Å². The van der Waals surface area contributed by atoms with Gasteiger partial charge in [-0.05, 0) is 24.1 Å². The van der Waals surface area contributed by atoms with E-state index in [0.29, 0.717) is 5.56 Å². The molecule has 1 aliphatic heterocycles. The normalized spacial score (nSPS) is 15.3. The van der Waals surface area contributed by atoms with Gasteiger partial charge in [0.1, 0.15) is 0 Å². The summed E-state index contributed by atoms with van der Waals surface area (Å²) in [5.74, 6) is -0.807. The molecule has 0 spiro atoms. The molecule has 0 saturated heterocycles. The van der Waals surface area contributed by atoms with Crippen LogP contribution in [-0.2, 0) is 26.2 Å². The SMILES string of the molecule is O=C1C=CC(=O)N1CCc1cccc(S(=O)(=O)F)c1. The van der Waals surface area contributed by atoms with Gasteiger partial charge in [-0.3, -0.25) is 14.5 Å². The van der Waals surface area contributed by atoms with Crippen LogP contribution in [0.25, 0.3) is 0 Å². The van der Waals surface area contributed by atoms with Crippen molar-refractivity contribution in [2.45, 2.75) is 11.3 Å². The Kier molecular flexibility index (Phi) is 3.48. The molecule has 0 atom stereocenters. The van der Waals surface area contributed by atoms with Crippen molar-refractivity contribution < 1.29 is 21.9 Å². The van der Waals surface area contributed by atoms with E-state index in [1.165, 1.54) is 24.3 Å². The summed E-state index contributed by atoms with van der Waals surface area (Å²) in [7, 11) is -4.74. The third kappa shape index (κ3) is 3.05. The van der Waals surface area contributed by atoms with Crippen LogP contribution in [0.15, 0.2) is 41.3 Å². The molecule has 0 radical (unpaired) electrons. The second-order valence-electron chi connectivity index (χ2n) is 4.00. The predicted octanol–water partition coefficient (Wildman–Crippen LogP) is 0.812. The van der Waals surface area contributed by atoms with E-state index in [2.05, 4.69) is 0 Å². The number of amides is 2. The fourth-order valence-corrected chi connectivity index (χ4v) is 2.28. The molecular formula is C12H10FNO4S. The van der Waals surface area contributed by atoms with Crippen LogP contribution in [0.2, 0.25) is 0 Å². The molecule has 0 N–H and O–H groups in total. The van der Waals surface area contributed by atoms with E-state index < -0.39 is 26.9 Å². The summed E-state index contributed by atoms with van der Waals surface area (Å²) in [6.07, 6.45) is 2.61. The third-order valence-electron chi connectivity index (χ3n) is 2.70. The number of carbonyl (C=O) groups excluding carboxylic acids is 2. The minimum Gasteiger partial charge on any atom is -0.275 e. The summed E-state index contributed by atoms with van der Waals surface area (Å²) < 4.78 is 34.3. The van der Waals surface area contributed by atoms with Crippen molar-refractivity contribution in [3.8, 4) is 0 Å². The fourth-order valence-electron chi connectivity index (χ4n) is 1.75. The van der Waals surface area contributed by atoms with E-state index in [4.69, 9.17) is 0 Å². The van der Waals surface area contributed by atoms with Crippen molar-refractivity contribution in [2.24, 2.45) is 0 Å². The third-order valence-corrected chi connectivity index (χ3v) is 3.52. The van der Waals surface area contributed by atoms with Crippen molar-refractivity contribution in [1.29, 1.82) is 0 Å². The quantitative estimate of drug-likeness (QED) is 0.605. The molecule has 1 aromatic carbocycles. The lowest BCUT2D eigenvalue weighted by molar-refractivity contribution is -0.136. The molecule has 5 nitrogen and oxygen atoms in total. The van der Waals surface area contributed by atoms with Gasteiger partial charge in [-0.2, -0.15) is 8.42 Å². The molecule has 2 rings (SSSR count). The van der Waals surface area contributed by atoms with Crippen LogP contribution in [0.1, 0.15) is 5.56 Å². The molecule has 0 unspecified atom stereocenters. The number of rotatable bonds is 4. The highest BCUT2D eigenvalue weighted by atomic mass is 32.3. The Hall–Kier alpha value is -2.02. The smallest absolute Gasteiger partial charge is 0.275 e. The first-order chi connectivity index (χ1) is 8.88. The summed E-state index contributed by atoms with van der Waals surface area (Å²) in [4.78, 5) is 23.2. The molecule has 1 aliphatic rings. The van der Waals surface area contributed by atoms with Crippen molar-refractivity contribution in [1.82, 2.24) is 4.90 Å². The molecule has 100 valence electrons. The van der Waals surface area contributed by atoms with Crippen LogP contribution < -0.4 is 0 Å². The van der Waals surface area contributed by atoms with Gasteiger partial charge < -0.3 is 0 Å². The maximum atomic E-state index is 12.8. The topological polar surface area (TPSA) is 71.5 Å². The second kappa shape index (κ2) is 4.93. The van der Waals surface area contributed by atoms with E-state index >= 15 is 0 Å². The summed E-state index contributed by atoms with van der Waals surface area (Å²) >= 11 is 0. The van der Waals surface area contributed by atoms with Gasteiger partial charge in [0.05, 0.1) is 4.90 Å². The zero-order valence-corrected chi connectivity index (χ0v) is 10.6. The zero-order valence-electron chi connectivity index (χ0n) is 9.74. The number of halogens is 1. The zero-order chi connectivity index (χ0) is 14.0. The number of imide groups is 1. The van der Waals surface area contributed by atoms with E-state index in [9.17, 15) is 21.9 Å². The molecule has 1 aromatic rings. The highest BCUT2D eigenvalue weighted by Crippen LogP contribution is 2.15. The lowest BCUT2D eigenvalue weighted by Crippen LogP contribution is -2.31. The largest absolute Gasteiger partial charge is 0.332 e. The van der Waals surface area contributed by atoms with Crippen LogP contribution in [0.5, 0.6) is 0 Å². The minimum absolute atomic E-state index is 0.125. The van der Waals surface area contributed by atoms with Gasteiger partial charge in [0.15, 0.2) is 0 Å². The first-order valence-electron chi connectivity index (χ1n) is 5.45. The highest BCUT2D eigenvalue weighted by Gasteiger charge is 2.22. The first kappa shape index (κ1) is 13.4. The van der Waals surface area contributed by atoms with E-state index in [0.717, 1.165) is 11.0 Å². The van der Waals surface area contributed by atoms with Crippen molar-refractivity contribution in [3.05, 3.63) is 42.0 Å². The van der Waals surface area contributed by atoms with Crippen molar-refractivity contribution >= 4 is 22.0 Å². The molecule has 7 heteroatoms. The molecule has 0 aromatic heterocycles. The Balaban J connectivity index is 2.09. The maximum Gasteiger partial charge on any atom is 0.332 e. The maximum absolute atomic E-state index is 12.8. The van der Waals surface area contributed by atoms with Gasteiger partial charge >= 0.3 is 10.2 Å². The Labute approximate surface area is 109 Å². The van der Waals surface area contributed by atoms with Gasteiger partial charge in [-0.25, -0.2) is 0 Å². The average molecular weight is 283 g/mol. The Morgan fingerprint density at radius 2 is 1.74 bits per heavy atom. The van der Waals surface area contributed by atoms with Crippen LogP contribution in [-0.4, -0.2) is 31.7 Å². The van der Waals surface area contributed by atoms with Crippen LogP contribution in [0, 0.1) is 0 Å². The summed E-state index contributed by atoms with van der Waals surface area (Å²) in [6, 6.07) is 5.35. The number of hydrogen-bond donors (Lipinski definition) is 0. The summed E-state index contributed by atoms with van der Waals surface area (Å²) in [5.41, 5.74) is 0.534. The molecular weight excluding hydrogens is 273 g/mol. The van der Waals surface area contributed by atoms with E-state index in [-0.39, 0.29) is 13.0 Å². The number of carbonyl (C=O) groups is 2. The van der Waals surface area contributed by atoms with Crippen molar-refractivity contribution in [2.75, 3.05) is 6.54 Å². The number of hydrogen-bond acceptors (Lipinski definition) is 4. The lowest BCUT2D eigenvalue weighted by atomic mass is 10.1.